The predicted molar refractivity (Wildman–Crippen MR) is 97.4 cm³/mol. The molecule has 1 rings (SSSR count). The van der Waals surface area contributed by atoms with E-state index in [1.807, 2.05) is 0 Å². The van der Waals surface area contributed by atoms with Crippen LogP contribution in [-0.4, -0.2) is 46.2 Å². The number of primary amides is 1. The molecule has 1 fully saturated rings. The largest absolute Gasteiger partial charge is 0.481 e. The van der Waals surface area contributed by atoms with Crippen molar-refractivity contribution in [1.82, 2.24) is 5.32 Å². The van der Waals surface area contributed by atoms with E-state index in [1.54, 1.807) is 0 Å². The van der Waals surface area contributed by atoms with Crippen LogP contribution in [0, 0.1) is 0 Å². The minimum atomic E-state index is -1.33. The third kappa shape index (κ3) is 28.7. The zero-order valence-electron chi connectivity index (χ0n) is 14.6. The van der Waals surface area contributed by atoms with Crippen molar-refractivity contribution in [2.75, 3.05) is 18.1 Å². The number of carbonyl (C=O) groups is 3. The maximum Gasteiger partial charge on any atom is 0.402 e. The Kier molecular flexibility index (Phi) is 20.3. The first kappa shape index (κ1) is 24.8. The summed E-state index contributed by atoms with van der Waals surface area (Å²) < 4.78 is 0. The van der Waals surface area contributed by atoms with Gasteiger partial charge in [0.2, 0.25) is 5.91 Å². The van der Waals surface area contributed by atoms with Crippen molar-refractivity contribution in [3.63, 3.8) is 0 Å². The highest BCUT2D eigenvalue weighted by atomic mass is 32.2. The highest BCUT2D eigenvalue weighted by Crippen LogP contribution is 2.14. The molecule has 0 atom stereocenters. The molecule has 0 unspecified atom stereocenters. The monoisotopic (exact) mass is 364 g/mol. The van der Waals surface area contributed by atoms with Gasteiger partial charge in [0.15, 0.2) is 0 Å². The average Bonchev–Trinajstić information content (AvgIpc) is 3.07. The quantitative estimate of drug-likeness (QED) is 0.465. The topological polar surface area (TPSA) is 130 Å². The molecule has 24 heavy (non-hydrogen) atoms. The van der Waals surface area contributed by atoms with Crippen molar-refractivity contribution in [2.45, 2.75) is 64.7 Å². The second kappa shape index (κ2) is 19.6. The third-order valence-electron chi connectivity index (χ3n) is 2.97. The van der Waals surface area contributed by atoms with Crippen molar-refractivity contribution < 1.29 is 24.6 Å². The summed E-state index contributed by atoms with van der Waals surface area (Å²) in [6.07, 6.45) is 6.81. The van der Waals surface area contributed by atoms with E-state index < -0.39 is 12.1 Å². The molecule has 8 heteroatoms. The zero-order valence-corrected chi connectivity index (χ0v) is 15.4. The van der Waals surface area contributed by atoms with Gasteiger partial charge in [-0.3, -0.25) is 9.59 Å². The first-order chi connectivity index (χ1) is 11.4. The molecular formula is C16H32N2O5S. The van der Waals surface area contributed by atoms with Gasteiger partial charge in [0, 0.05) is 19.4 Å². The summed E-state index contributed by atoms with van der Waals surface area (Å²) >= 11 is 2.07. The van der Waals surface area contributed by atoms with Gasteiger partial charge in [0.1, 0.15) is 0 Å². The van der Waals surface area contributed by atoms with E-state index in [4.69, 9.17) is 15.0 Å². The Hall–Kier alpha value is -1.44. The molecule has 7 nitrogen and oxygen atoms in total. The first-order valence-corrected chi connectivity index (χ1v) is 9.60. The SMILES string of the molecule is C1CCSC1.CCCCC(=O)NCCCCCC(=O)O.NC(=O)O. The number of hydrogen-bond donors (Lipinski definition) is 4. The van der Waals surface area contributed by atoms with E-state index in [0.717, 1.165) is 25.7 Å². The highest BCUT2D eigenvalue weighted by molar-refractivity contribution is 7.99. The Morgan fingerprint density at radius 2 is 1.58 bits per heavy atom. The summed E-state index contributed by atoms with van der Waals surface area (Å²) in [5.41, 5.74) is 4.03. The van der Waals surface area contributed by atoms with Crippen molar-refractivity contribution in [3.8, 4) is 0 Å². The van der Waals surface area contributed by atoms with Crippen LogP contribution in [0.4, 0.5) is 4.79 Å². The molecule has 0 radical (unpaired) electrons. The van der Waals surface area contributed by atoms with E-state index in [9.17, 15) is 9.59 Å². The fourth-order valence-corrected chi connectivity index (χ4v) is 2.76. The predicted octanol–water partition coefficient (Wildman–Crippen LogP) is 3.07. The van der Waals surface area contributed by atoms with Crippen LogP contribution in [0.2, 0.25) is 0 Å². The number of rotatable bonds is 9. The molecule has 1 aliphatic rings. The lowest BCUT2D eigenvalue weighted by Gasteiger charge is -2.03. The van der Waals surface area contributed by atoms with Crippen LogP contribution in [0.3, 0.4) is 0 Å². The Balaban J connectivity index is 0. The molecule has 0 aromatic heterocycles. The van der Waals surface area contributed by atoms with E-state index in [0.29, 0.717) is 19.4 Å². The molecule has 0 aromatic rings. The fourth-order valence-electron chi connectivity index (χ4n) is 1.74. The van der Waals surface area contributed by atoms with Gasteiger partial charge in [0.25, 0.3) is 0 Å². The van der Waals surface area contributed by atoms with Gasteiger partial charge in [0.05, 0.1) is 0 Å². The molecule has 142 valence electrons. The van der Waals surface area contributed by atoms with Crippen LogP contribution in [0.5, 0.6) is 0 Å². The smallest absolute Gasteiger partial charge is 0.402 e. The summed E-state index contributed by atoms with van der Waals surface area (Å²) in [7, 11) is 0. The molecule has 1 saturated heterocycles. The molecule has 2 amide bonds. The number of thioether (sulfide) groups is 1. The fraction of sp³-hybridized carbons (Fsp3) is 0.812. The average molecular weight is 365 g/mol. The molecule has 1 aliphatic heterocycles. The summed E-state index contributed by atoms with van der Waals surface area (Å²) in [4.78, 5) is 30.1. The van der Waals surface area contributed by atoms with Gasteiger partial charge < -0.3 is 21.3 Å². The van der Waals surface area contributed by atoms with E-state index in [2.05, 4.69) is 29.7 Å². The number of unbranched alkanes of at least 4 members (excludes halogenated alkanes) is 3. The van der Waals surface area contributed by atoms with Gasteiger partial charge in [-0.15, -0.1) is 0 Å². The third-order valence-corrected chi connectivity index (χ3v) is 4.13. The number of nitrogens with one attached hydrogen (secondary N) is 1. The highest BCUT2D eigenvalue weighted by Gasteiger charge is 1.99. The summed E-state index contributed by atoms with van der Waals surface area (Å²) in [6, 6.07) is 0. The zero-order chi connectivity index (χ0) is 18.6. The lowest BCUT2D eigenvalue weighted by Crippen LogP contribution is -2.23. The maximum absolute atomic E-state index is 11.1. The summed E-state index contributed by atoms with van der Waals surface area (Å²) in [5.74, 6) is 2.19. The number of carbonyl (C=O) groups excluding carboxylic acids is 1. The molecule has 1 heterocycles. The van der Waals surface area contributed by atoms with Crippen molar-refractivity contribution >= 4 is 29.7 Å². The summed E-state index contributed by atoms with van der Waals surface area (Å²) in [6.45, 7) is 2.72. The number of amides is 2. The number of carboxylic acid groups (broad SMARTS) is 2. The minimum Gasteiger partial charge on any atom is -0.481 e. The Labute approximate surface area is 148 Å². The Morgan fingerprint density at radius 1 is 1.00 bits per heavy atom. The molecule has 0 aliphatic carbocycles. The molecule has 5 N–H and O–H groups in total. The standard InChI is InChI=1S/C11H21NO3.C4H8S.CH3NO2/c1-2-3-7-10(13)12-9-6-4-5-8-11(14)15;1-2-4-5-3-1;2-1(3)4/h2-9H2,1H3,(H,12,13)(H,14,15);1-4H2;2H2,(H,3,4). The molecular weight excluding hydrogens is 332 g/mol. The lowest BCUT2D eigenvalue weighted by atomic mass is 10.2. The van der Waals surface area contributed by atoms with Crippen molar-refractivity contribution in [3.05, 3.63) is 0 Å². The van der Waals surface area contributed by atoms with Gasteiger partial charge in [-0.05, 0) is 43.6 Å². The van der Waals surface area contributed by atoms with Gasteiger partial charge in [-0.25, -0.2) is 4.79 Å². The van der Waals surface area contributed by atoms with Crippen LogP contribution in [-0.2, 0) is 9.59 Å². The second-order valence-corrected chi connectivity index (χ2v) is 6.54. The van der Waals surface area contributed by atoms with Crippen LogP contribution in [0.15, 0.2) is 0 Å². The van der Waals surface area contributed by atoms with Crippen molar-refractivity contribution in [2.24, 2.45) is 5.73 Å². The number of hydrogen-bond acceptors (Lipinski definition) is 4. The lowest BCUT2D eigenvalue weighted by molar-refractivity contribution is -0.137. The van der Waals surface area contributed by atoms with Crippen LogP contribution >= 0.6 is 11.8 Å². The number of carboxylic acids is 1. The van der Waals surface area contributed by atoms with E-state index >= 15 is 0 Å². The Bertz CT molecular complexity index is 325. The van der Waals surface area contributed by atoms with Crippen LogP contribution < -0.4 is 11.1 Å². The van der Waals surface area contributed by atoms with Gasteiger partial charge in [-0.1, -0.05) is 19.8 Å². The van der Waals surface area contributed by atoms with Crippen molar-refractivity contribution in [1.29, 1.82) is 0 Å². The van der Waals surface area contributed by atoms with Gasteiger partial charge in [-0.2, -0.15) is 11.8 Å². The normalized spacial score (nSPS) is 12.2. The molecule has 0 saturated carbocycles. The maximum atomic E-state index is 11.1. The number of nitrogens with two attached hydrogens (primary N) is 1. The molecule has 0 aromatic carbocycles. The molecule has 0 bridgehead atoms. The minimum absolute atomic E-state index is 0.107. The van der Waals surface area contributed by atoms with Crippen LogP contribution in [0.1, 0.15) is 64.7 Å². The first-order valence-electron chi connectivity index (χ1n) is 8.44. The molecule has 0 spiro atoms. The number of aliphatic carboxylic acids is 1. The summed E-state index contributed by atoms with van der Waals surface area (Å²) in [5, 5.41) is 18.4. The Morgan fingerprint density at radius 3 is 2.00 bits per heavy atom. The van der Waals surface area contributed by atoms with Crippen LogP contribution in [0.25, 0.3) is 0 Å². The second-order valence-electron chi connectivity index (χ2n) is 5.32. The van der Waals surface area contributed by atoms with E-state index in [1.165, 1.54) is 24.3 Å². The van der Waals surface area contributed by atoms with Gasteiger partial charge >= 0.3 is 12.1 Å². The van der Waals surface area contributed by atoms with E-state index in [-0.39, 0.29) is 12.3 Å².